The molecule has 2 rings (SSSR count). The zero-order valence-electron chi connectivity index (χ0n) is 12.1. The van der Waals surface area contributed by atoms with Crippen molar-refractivity contribution in [3.8, 4) is 5.75 Å². The predicted molar refractivity (Wildman–Crippen MR) is 75.5 cm³/mol. The maximum atomic E-state index is 11.8. The van der Waals surface area contributed by atoms with Crippen molar-refractivity contribution in [1.82, 2.24) is 0 Å². The summed E-state index contributed by atoms with van der Waals surface area (Å²) in [6, 6.07) is 6.84. The predicted octanol–water partition coefficient (Wildman–Crippen LogP) is 3.61. The molecule has 0 bridgehead atoms. The number of rotatable bonds is 5. The van der Waals surface area contributed by atoms with Crippen LogP contribution in [-0.2, 0) is 9.78 Å². The van der Waals surface area contributed by atoms with Gasteiger partial charge in [0, 0.05) is 0 Å². The maximum absolute atomic E-state index is 11.8. The van der Waals surface area contributed by atoms with Gasteiger partial charge in [-0.15, -0.1) is 0 Å². The lowest BCUT2D eigenvalue weighted by atomic mass is 9.83. The third-order valence-corrected chi connectivity index (χ3v) is 3.88. The van der Waals surface area contributed by atoms with Crippen molar-refractivity contribution >= 4 is 5.97 Å². The molecule has 110 valence electrons. The van der Waals surface area contributed by atoms with E-state index in [0.717, 1.165) is 18.8 Å². The molecule has 0 amide bonds. The van der Waals surface area contributed by atoms with Gasteiger partial charge in [0.1, 0.15) is 5.75 Å². The highest BCUT2D eigenvalue weighted by atomic mass is 17.2. The molecule has 1 fully saturated rings. The fourth-order valence-corrected chi connectivity index (χ4v) is 2.48. The lowest BCUT2D eigenvalue weighted by Gasteiger charge is -2.25. The molecule has 0 heterocycles. The van der Waals surface area contributed by atoms with E-state index in [-0.39, 0.29) is 0 Å². The van der Waals surface area contributed by atoms with E-state index in [0.29, 0.717) is 23.8 Å². The van der Waals surface area contributed by atoms with Crippen molar-refractivity contribution in [2.75, 3.05) is 13.7 Å². The van der Waals surface area contributed by atoms with Crippen molar-refractivity contribution in [2.24, 2.45) is 11.8 Å². The van der Waals surface area contributed by atoms with Crippen molar-refractivity contribution in [3.63, 3.8) is 0 Å². The minimum atomic E-state index is -0.479. The molecule has 4 heteroatoms. The summed E-state index contributed by atoms with van der Waals surface area (Å²) in [5, 5.41) is 0. The Hall–Kier alpha value is -1.55. The summed E-state index contributed by atoms with van der Waals surface area (Å²) >= 11 is 0. The van der Waals surface area contributed by atoms with Crippen LogP contribution in [0.25, 0.3) is 0 Å². The van der Waals surface area contributed by atoms with Gasteiger partial charge in [0.05, 0.1) is 19.3 Å². The highest BCUT2D eigenvalue weighted by Crippen LogP contribution is 2.28. The molecule has 0 N–H and O–H groups in total. The Morgan fingerprint density at radius 2 is 2.00 bits per heavy atom. The van der Waals surface area contributed by atoms with Crippen LogP contribution in [0.1, 0.15) is 43.0 Å². The summed E-state index contributed by atoms with van der Waals surface area (Å²) in [5.74, 6) is 1.46. The molecule has 1 aliphatic carbocycles. The molecular weight excluding hydrogens is 256 g/mol. The molecule has 0 aliphatic heterocycles. The summed E-state index contributed by atoms with van der Waals surface area (Å²) in [6.07, 6.45) is 4.77. The first kappa shape index (κ1) is 14.9. The standard InChI is InChI=1S/C16H22O4/c1-12-6-8-13(9-7-12)11-19-20-16(17)14-4-3-5-15(10-14)18-2/h3-5,10,12-13H,6-9,11H2,1-2H3. The van der Waals surface area contributed by atoms with Gasteiger partial charge >= 0.3 is 5.97 Å². The number of methoxy groups -OCH3 is 1. The normalized spacial score (nSPS) is 22.3. The van der Waals surface area contributed by atoms with Gasteiger partial charge in [0.2, 0.25) is 0 Å². The van der Waals surface area contributed by atoms with Gasteiger partial charge in [-0.25, -0.2) is 4.79 Å². The molecule has 0 aromatic heterocycles. The summed E-state index contributed by atoms with van der Waals surface area (Å²) in [7, 11) is 1.56. The summed E-state index contributed by atoms with van der Waals surface area (Å²) in [5.41, 5.74) is 0.432. The smallest absolute Gasteiger partial charge is 0.373 e. The van der Waals surface area contributed by atoms with Crippen LogP contribution in [0.4, 0.5) is 0 Å². The fourth-order valence-electron chi connectivity index (χ4n) is 2.48. The molecule has 1 aromatic rings. The van der Waals surface area contributed by atoms with Crippen LogP contribution in [0.2, 0.25) is 0 Å². The summed E-state index contributed by atoms with van der Waals surface area (Å²) < 4.78 is 5.07. The van der Waals surface area contributed by atoms with Crippen LogP contribution in [0.5, 0.6) is 5.75 Å². The van der Waals surface area contributed by atoms with Gasteiger partial charge < -0.3 is 4.74 Å². The van der Waals surface area contributed by atoms with Gasteiger partial charge in [-0.2, -0.15) is 4.89 Å². The molecule has 0 spiro atoms. The van der Waals surface area contributed by atoms with Crippen molar-refractivity contribution in [3.05, 3.63) is 29.8 Å². The van der Waals surface area contributed by atoms with Crippen molar-refractivity contribution < 1.29 is 19.3 Å². The first-order valence-corrected chi connectivity index (χ1v) is 7.17. The maximum Gasteiger partial charge on any atom is 0.373 e. The van der Waals surface area contributed by atoms with E-state index >= 15 is 0 Å². The van der Waals surface area contributed by atoms with Crippen LogP contribution in [0.3, 0.4) is 0 Å². The van der Waals surface area contributed by atoms with Gasteiger partial charge in [-0.05, 0) is 42.9 Å². The minimum absolute atomic E-state index is 0.432. The topological polar surface area (TPSA) is 44.8 Å². The first-order chi connectivity index (χ1) is 9.69. The van der Waals surface area contributed by atoms with Gasteiger partial charge in [0.25, 0.3) is 0 Å². The van der Waals surface area contributed by atoms with Crippen LogP contribution in [0, 0.1) is 11.8 Å². The minimum Gasteiger partial charge on any atom is -0.497 e. The average Bonchev–Trinajstić information content (AvgIpc) is 2.49. The summed E-state index contributed by atoms with van der Waals surface area (Å²) in [4.78, 5) is 21.8. The zero-order valence-corrected chi connectivity index (χ0v) is 12.1. The largest absolute Gasteiger partial charge is 0.497 e. The monoisotopic (exact) mass is 278 g/mol. The van der Waals surface area contributed by atoms with E-state index in [9.17, 15) is 4.79 Å². The molecule has 20 heavy (non-hydrogen) atoms. The van der Waals surface area contributed by atoms with Gasteiger partial charge in [-0.1, -0.05) is 25.8 Å². The van der Waals surface area contributed by atoms with Crippen molar-refractivity contribution in [2.45, 2.75) is 32.6 Å². The Kier molecular flexibility index (Phi) is 5.41. The lowest BCUT2D eigenvalue weighted by molar-refractivity contribution is -0.250. The molecule has 0 atom stereocenters. The fraction of sp³-hybridized carbons (Fsp3) is 0.562. The first-order valence-electron chi connectivity index (χ1n) is 7.17. The second-order valence-corrected chi connectivity index (χ2v) is 5.51. The summed E-state index contributed by atoms with van der Waals surface area (Å²) in [6.45, 7) is 2.77. The molecule has 1 saturated carbocycles. The molecule has 1 aromatic carbocycles. The van der Waals surface area contributed by atoms with Crippen LogP contribution >= 0.6 is 0 Å². The Morgan fingerprint density at radius 3 is 2.70 bits per heavy atom. The van der Waals surface area contributed by atoms with E-state index in [1.54, 1.807) is 31.4 Å². The highest BCUT2D eigenvalue weighted by molar-refractivity contribution is 5.89. The molecule has 0 saturated heterocycles. The van der Waals surface area contributed by atoms with E-state index in [1.165, 1.54) is 12.8 Å². The molecular formula is C16H22O4. The number of benzene rings is 1. The van der Waals surface area contributed by atoms with E-state index in [4.69, 9.17) is 14.5 Å². The Labute approximate surface area is 120 Å². The average molecular weight is 278 g/mol. The zero-order chi connectivity index (χ0) is 14.4. The van der Waals surface area contributed by atoms with Gasteiger partial charge in [-0.3, -0.25) is 4.89 Å². The van der Waals surface area contributed by atoms with E-state index in [1.807, 2.05) is 0 Å². The van der Waals surface area contributed by atoms with E-state index in [2.05, 4.69) is 6.92 Å². The molecule has 0 radical (unpaired) electrons. The number of hydrogen-bond donors (Lipinski definition) is 0. The number of carbonyl (C=O) groups excluding carboxylic acids is 1. The van der Waals surface area contributed by atoms with Gasteiger partial charge in [0.15, 0.2) is 0 Å². The third-order valence-electron chi connectivity index (χ3n) is 3.88. The lowest BCUT2D eigenvalue weighted by Crippen LogP contribution is -2.18. The van der Waals surface area contributed by atoms with Crippen LogP contribution in [0.15, 0.2) is 24.3 Å². The highest BCUT2D eigenvalue weighted by Gasteiger charge is 2.19. The second kappa shape index (κ2) is 7.29. The number of carbonyl (C=O) groups is 1. The quantitative estimate of drug-likeness (QED) is 0.609. The Morgan fingerprint density at radius 1 is 1.25 bits per heavy atom. The third kappa shape index (κ3) is 4.23. The molecule has 0 unspecified atom stereocenters. The Bertz CT molecular complexity index is 436. The SMILES string of the molecule is COc1cccc(C(=O)OOCC2CCC(C)CC2)c1. The van der Waals surface area contributed by atoms with Crippen LogP contribution in [-0.4, -0.2) is 19.7 Å². The Balaban J connectivity index is 1.74. The van der Waals surface area contributed by atoms with Crippen molar-refractivity contribution in [1.29, 1.82) is 0 Å². The van der Waals surface area contributed by atoms with Crippen LogP contribution < -0.4 is 4.74 Å². The van der Waals surface area contributed by atoms with E-state index < -0.39 is 5.97 Å². The number of ether oxygens (including phenoxy) is 1. The second-order valence-electron chi connectivity index (χ2n) is 5.51. The number of hydrogen-bond acceptors (Lipinski definition) is 4. The molecule has 1 aliphatic rings. The molecule has 4 nitrogen and oxygen atoms in total.